The van der Waals surface area contributed by atoms with Crippen molar-refractivity contribution in [3.63, 3.8) is 0 Å². The Hall–Kier alpha value is -2.14. The molecule has 5 heteroatoms. The van der Waals surface area contributed by atoms with E-state index in [-0.39, 0.29) is 11.9 Å². The first-order valence-corrected chi connectivity index (χ1v) is 7.86. The molecule has 2 N–H and O–H groups in total. The largest absolute Gasteiger partial charge is 0.348 e. The summed E-state index contributed by atoms with van der Waals surface area (Å²) in [5, 5.41) is 9.89. The van der Waals surface area contributed by atoms with Gasteiger partial charge < -0.3 is 10.2 Å². The van der Waals surface area contributed by atoms with Crippen LogP contribution < -0.4 is 5.32 Å². The number of carbonyl (C=O) groups excluding carboxylic acids is 1. The smallest absolute Gasteiger partial charge is 0.226 e. The predicted molar refractivity (Wildman–Crippen MR) is 85.3 cm³/mol. The Balaban J connectivity index is 1.66. The van der Waals surface area contributed by atoms with Crippen LogP contribution in [0.25, 0.3) is 0 Å². The van der Waals surface area contributed by atoms with E-state index in [1.54, 1.807) is 6.20 Å². The molecule has 1 atom stereocenters. The van der Waals surface area contributed by atoms with Crippen LogP contribution in [-0.2, 0) is 11.2 Å². The van der Waals surface area contributed by atoms with Crippen molar-refractivity contribution in [2.45, 2.75) is 25.3 Å². The van der Waals surface area contributed by atoms with Gasteiger partial charge in [-0.1, -0.05) is 30.3 Å². The van der Waals surface area contributed by atoms with Gasteiger partial charge in [-0.2, -0.15) is 5.10 Å². The highest BCUT2D eigenvalue weighted by atomic mass is 16.1. The van der Waals surface area contributed by atoms with Crippen LogP contribution >= 0.6 is 0 Å². The highest BCUT2D eigenvalue weighted by Gasteiger charge is 2.20. The first-order chi connectivity index (χ1) is 10.8. The lowest BCUT2D eigenvalue weighted by Gasteiger charge is -2.25. The predicted octanol–water partition coefficient (Wildman–Crippen LogP) is 1.91. The molecule has 1 aromatic heterocycles. The molecule has 1 aliphatic rings. The van der Waals surface area contributed by atoms with Gasteiger partial charge in [0.05, 0.1) is 12.5 Å². The molecule has 1 aromatic carbocycles. The first kappa shape index (κ1) is 14.8. The van der Waals surface area contributed by atoms with Crippen LogP contribution in [0.4, 0.5) is 0 Å². The van der Waals surface area contributed by atoms with Crippen LogP contribution in [0.1, 0.15) is 30.1 Å². The molecule has 116 valence electrons. The zero-order valence-electron chi connectivity index (χ0n) is 12.7. The number of amides is 1. The summed E-state index contributed by atoms with van der Waals surface area (Å²) >= 11 is 0. The topological polar surface area (TPSA) is 61.0 Å². The highest BCUT2D eigenvalue weighted by Crippen LogP contribution is 2.17. The fraction of sp³-hybridized carbons (Fsp3) is 0.412. The number of benzene rings is 1. The quantitative estimate of drug-likeness (QED) is 0.856. The van der Waals surface area contributed by atoms with Crippen LogP contribution in [0.3, 0.4) is 0 Å². The molecule has 5 nitrogen and oxygen atoms in total. The van der Waals surface area contributed by atoms with Gasteiger partial charge >= 0.3 is 0 Å². The Kier molecular flexibility index (Phi) is 4.85. The average Bonchev–Trinajstić information content (AvgIpc) is 3.21. The maximum absolute atomic E-state index is 12.3. The molecule has 1 saturated heterocycles. The minimum Gasteiger partial charge on any atom is -0.348 e. The van der Waals surface area contributed by atoms with Gasteiger partial charge in [0.2, 0.25) is 5.91 Å². The zero-order chi connectivity index (χ0) is 15.2. The van der Waals surface area contributed by atoms with Crippen LogP contribution in [0.2, 0.25) is 0 Å². The number of nitrogens with zero attached hydrogens (tertiary/aromatic N) is 2. The Bertz CT molecular complexity index is 576. The van der Waals surface area contributed by atoms with E-state index in [9.17, 15) is 4.79 Å². The van der Waals surface area contributed by atoms with Gasteiger partial charge in [0, 0.05) is 18.4 Å². The molecule has 0 aliphatic carbocycles. The number of nitrogens with one attached hydrogen (secondary N) is 2. The lowest BCUT2D eigenvalue weighted by Crippen LogP contribution is -2.37. The van der Waals surface area contributed by atoms with E-state index in [1.807, 2.05) is 24.3 Å². The van der Waals surface area contributed by atoms with E-state index < -0.39 is 0 Å². The molecule has 2 aromatic rings. The third kappa shape index (κ3) is 3.95. The fourth-order valence-electron chi connectivity index (χ4n) is 2.94. The summed E-state index contributed by atoms with van der Waals surface area (Å²) in [6, 6.07) is 12.1. The maximum atomic E-state index is 12.3. The third-order valence-electron chi connectivity index (χ3n) is 4.09. The molecule has 1 fully saturated rings. The van der Waals surface area contributed by atoms with Crippen molar-refractivity contribution < 1.29 is 4.79 Å². The summed E-state index contributed by atoms with van der Waals surface area (Å²) < 4.78 is 0. The van der Waals surface area contributed by atoms with Gasteiger partial charge in [0.1, 0.15) is 0 Å². The number of likely N-dealkylation sites (tertiary alicyclic amines) is 1. The molecular weight excluding hydrogens is 276 g/mol. The van der Waals surface area contributed by atoms with Gasteiger partial charge in [-0.15, -0.1) is 0 Å². The maximum Gasteiger partial charge on any atom is 0.226 e. The van der Waals surface area contributed by atoms with Crippen molar-refractivity contribution in [3.8, 4) is 0 Å². The van der Waals surface area contributed by atoms with Crippen molar-refractivity contribution in [1.29, 1.82) is 0 Å². The number of H-pyrrole nitrogens is 1. The van der Waals surface area contributed by atoms with E-state index >= 15 is 0 Å². The van der Waals surface area contributed by atoms with Crippen molar-refractivity contribution in [2.24, 2.45) is 0 Å². The Morgan fingerprint density at radius 2 is 2.00 bits per heavy atom. The van der Waals surface area contributed by atoms with Crippen molar-refractivity contribution in [3.05, 3.63) is 53.9 Å². The normalized spacial score (nSPS) is 16.5. The van der Waals surface area contributed by atoms with Crippen molar-refractivity contribution in [2.75, 3.05) is 19.6 Å². The van der Waals surface area contributed by atoms with Gasteiger partial charge in [-0.3, -0.25) is 9.89 Å². The van der Waals surface area contributed by atoms with Gasteiger partial charge in [-0.25, -0.2) is 0 Å². The molecule has 3 rings (SSSR count). The number of hydrogen-bond acceptors (Lipinski definition) is 3. The number of aromatic amines is 1. The molecule has 0 saturated carbocycles. The van der Waals surface area contributed by atoms with E-state index in [4.69, 9.17) is 0 Å². The van der Waals surface area contributed by atoms with Gasteiger partial charge in [-0.05, 0) is 37.6 Å². The van der Waals surface area contributed by atoms with Gasteiger partial charge in [0.15, 0.2) is 0 Å². The summed E-state index contributed by atoms with van der Waals surface area (Å²) in [5.41, 5.74) is 2.00. The van der Waals surface area contributed by atoms with Crippen LogP contribution in [0.5, 0.6) is 0 Å². The SMILES string of the molecule is O=C(Cc1ccn[nH]1)NC(CN1CCCC1)c1ccccc1. The van der Waals surface area contributed by atoms with E-state index in [0.717, 1.165) is 30.9 Å². The van der Waals surface area contributed by atoms with Crippen molar-refractivity contribution in [1.82, 2.24) is 20.4 Å². The van der Waals surface area contributed by atoms with E-state index in [1.165, 1.54) is 12.8 Å². The van der Waals surface area contributed by atoms with Crippen LogP contribution in [0, 0.1) is 0 Å². The Morgan fingerprint density at radius 1 is 1.23 bits per heavy atom. The van der Waals surface area contributed by atoms with Crippen LogP contribution in [-0.4, -0.2) is 40.6 Å². The monoisotopic (exact) mass is 298 g/mol. The summed E-state index contributed by atoms with van der Waals surface area (Å²) in [4.78, 5) is 14.7. The van der Waals surface area contributed by atoms with Crippen LogP contribution in [0.15, 0.2) is 42.6 Å². The highest BCUT2D eigenvalue weighted by molar-refractivity contribution is 5.78. The molecule has 1 amide bonds. The third-order valence-corrected chi connectivity index (χ3v) is 4.09. The molecule has 22 heavy (non-hydrogen) atoms. The zero-order valence-corrected chi connectivity index (χ0v) is 12.7. The summed E-state index contributed by atoms with van der Waals surface area (Å²) in [5.74, 6) is 0.0253. The lowest BCUT2D eigenvalue weighted by atomic mass is 10.1. The minimum absolute atomic E-state index is 0.0253. The summed E-state index contributed by atoms with van der Waals surface area (Å²) in [7, 11) is 0. The lowest BCUT2D eigenvalue weighted by molar-refractivity contribution is -0.121. The van der Waals surface area contributed by atoms with Gasteiger partial charge in [0.25, 0.3) is 0 Å². The second-order valence-electron chi connectivity index (χ2n) is 5.80. The fourth-order valence-corrected chi connectivity index (χ4v) is 2.94. The standard InChI is InChI=1S/C17H22N4O/c22-17(12-15-8-9-18-20-15)19-16(13-21-10-4-5-11-21)14-6-2-1-3-7-14/h1-3,6-9,16H,4-5,10-13H2,(H,18,20)(H,19,22). The first-order valence-electron chi connectivity index (χ1n) is 7.86. The summed E-state index contributed by atoms with van der Waals surface area (Å²) in [6.45, 7) is 3.12. The molecule has 1 unspecified atom stereocenters. The number of aromatic nitrogens is 2. The molecule has 0 spiro atoms. The van der Waals surface area contributed by atoms with E-state index in [0.29, 0.717) is 6.42 Å². The Morgan fingerprint density at radius 3 is 2.68 bits per heavy atom. The molecule has 0 radical (unpaired) electrons. The molecular formula is C17H22N4O. The summed E-state index contributed by atoms with van der Waals surface area (Å²) in [6.07, 6.45) is 4.51. The Labute approximate surface area is 130 Å². The molecule has 2 heterocycles. The average molecular weight is 298 g/mol. The molecule has 1 aliphatic heterocycles. The minimum atomic E-state index is 0.0253. The number of hydrogen-bond donors (Lipinski definition) is 2. The second kappa shape index (κ2) is 7.22. The molecule has 0 bridgehead atoms. The second-order valence-corrected chi connectivity index (χ2v) is 5.80. The number of rotatable bonds is 6. The number of carbonyl (C=O) groups is 1. The van der Waals surface area contributed by atoms with Crippen molar-refractivity contribution >= 4 is 5.91 Å². The van der Waals surface area contributed by atoms with E-state index in [2.05, 4.69) is 32.5 Å².